The molecule has 5 aromatic rings. The molecule has 0 saturated heterocycles. The van der Waals surface area contributed by atoms with Crippen molar-refractivity contribution >= 4 is 37.6 Å². The third-order valence-electron chi connectivity index (χ3n) is 4.80. The summed E-state index contributed by atoms with van der Waals surface area (Å²) in [6.07, 6.45) is 0. The van der Waals surface area contributed by atoms with Gasteiger partial charge in [0.05, 0.1) is 21.4 Å². The summed E-state index contributed by atoms with van der Waals surface area (Å²) in [6.45, 7) is 1.94. The molecule has 0 aliphatic carbocycles. The van der Waals surface area contributed by atoms with Crippen LogP contribution in [0.25, 0.3) is 27.6 Å². The molecule has 0 amide bonds. The summed E-state index contributed by atoms with van der Waals surface area (Å²) in [4.78, 5) is 0.289. The van der Waals surface area contributed by atoms with E-state index in [-0.39, 0.29) is 4.90 Å². The van der Waals surface area contributed by atoms with Gasteiger partial charge >= 0.3 is 0 Å². The number of aromatic nitrogens is 2. The van der Waals surface area contributed by atoms with Crippen molar-refractivity contribution in [3.63, 3.8) is 0 Å². The molecule has 0 saturated carbocycles. The highest BCUT2D eigenvalue weighted by atomic mass is 32.2. The lowest BCUT2D eigenvalue weighted by molar-refractivity contribution is 0.590. The lowest BCUT2D eigenvalue weighted by Gasteiger charge is -2.08. The van der Waals surface area contributed by atoms with Crippen molar-refractivity contribution in [3.05, 3.63) is 84.4 Å². The van der Waals surface area contributed by atoms with Crippen LogP contribution in [0.3, 0.4) is 0 Å². The van der Waals surface area contributed by atoms with Crippen LogP contribution in [0, 0.1) is 6.92 Å². The minimum atomic E-state index is -3.72. The van der Waals surface area contributed by atoms with Gasteiger partial charge in [-0.2, -0.15) is 0 Å². The van der Waals surface area contributed by atoms with Crippen LogP contribution >= 0.6 is 0 Å². The van der Waals surface area contributed by atoms with E-state index in [0.29, 0.717) is 11.2 Å². The minimum absolute atomic E-state index is 0.289. The zero-order valence-electron chi connectivity index (χ0n) is 14.1. The van der Waals surface area contributed by atoms with E-state index >= 15 is 0 Å². The monoisotopic (exact) mass is 360 g/mol. The lowest BCUT2D eigenvalue weighted by Crippen LogP contribution is -2.12. The Labute approximate surface area is 151 Å². The van der Waals surface area contributed by atoms with E-state index in [1.165, 1.54) is 3.97 Å². The fourth-order valence-corrected chi connectivity index (χ4v) is 5.04. The molecular weight excluding hydrogens is 344 g/mol. The van der Waals surface area contributed by atoms with Crippen LogP contribution in [-0.4, -0.2) is 16.8 Å². The maximum Gasteiger partial charge on any atom is 0.269 e. The van der Waals surface area contributed by atoms with Gasteiger partial charge in [-0.05, 0) is 43.3 Å². The Kier molecular flexibility index (Phi) is 3.06. The second-order valence-electron chi connectivity index (χ2n) is 6.47. The normalized spacial score (nSPS) is 12.3. The molecule has 4 nitrogen and oxygen atoms in total. The van der Waals surface area contributed by atoms with Gasteiger partial charge in [0.25, 0.3) is 10.0 Å². The van der Waals surface area contributed by atoms with Crippen LogP contribution in [0.5, 0.6) is 0 Å². The van der Waals surface area contributed by atoms with E-state index in [9.17, 15) is 8.42 Å². The van der Waals surface area contributed by atoms with Gasteiger partial charge in [-0.25, -0.2) is 12.4 Å². The van der Waals surface area contributed by atoms with Gasteiger partial charge in [-0.15, -0.1) is 0 Å². The van der Waals surface area contributed by atoms with Crippen LogP contribution in [0.2, 0.25) is 0 Å². The summed E-state index contributed by atoms with van der Waals surface area (Å²) >= 11 is 0. The molecule has 26 heavy (non-hydrogen) atoms. The molecule has 2 heterocycles. The quantitative estimate of drug-likeness (QED) is 0.462. The topological polar surface area (TPSA) is 43.5 Å². The van der Waals surface area contributed by atoms with E-state index in [1.54, 1.807) is 12.1 Å². The standard InChI is InChI=1S/C21H16N2O2S/c1-15-10-12-17(13-11-15)26(24,25)23-20-9-5-4-8-19(20)22-18-7-3-2-6-16(18)14-21(22)23/h2-14H,1H3. The third kappa shape index (κ3) is 1.98. The smallest absolute Gasteiger partial charge is 0.269 e. The Balaban J connectivity index is 1.96. The lowest BCUT2D eigenvalue weighted by atomic mass is 10.2. The molecule has 0 N–H and O–H groups in total. The predicted molar refractivity (Wildman–Crippen MR) is 104 cm³/mol. The minimum Gasteiger partial charge on any atom is -0.293 e. The fourth-order valence-electron chi connectivity index (χ4n) is 3.56. The number of benzene rings is 3. The van der Waals surface area contributed by atoms with Crippen molar-refractivity contribution < 1.29 is 8.42 Å². The molecule has 0 spiro atoms. The maximum absolute atomic E-state index is 13.5. The van der Waals surface area contributed by atoms with Gasteiger partial charge in [0.15, 0.2) is 0 Å². The number of para-hydroxylation sites is 3. The molecular formula is C21H16N2O2S. The van der Waals surface area contributed by atoms with Crippen molar-refractivity contribution in [1.82, 2.24) is 8.37 Å². The first-order valence-electron chi connectivity index (χ1n) is 8.39. The Morgan fingerprint density at radius 3 is 2.08 bits per heavy atom. The third-order valence-corrected chi connectivity index (χ3v) is 6.53. The number of nitrogens with zero attached hydrogens (tertiary/aromatic N) is 2. The average molecular weight is 360 g/mol. The number of fused-ring (bicyclic) bond motifs is 5. The van der Waals surface area contributed by atoms with Crippen LogP contribution in [-0.2, 0) is 10.0 Å². The Morgan fingerprint density at radius 1 is 0.731 bits per heavy atom. The molecule has 2 aromatic heterocycles. The van der Waals surface area contributed by atoms with Gasteiger partial charge in [0.1, 0.15) is 5.65 Å². The van der Waals surface area contributed by atoms with E-state index in [1.807, 2.05) is 78.1 Å². The van der Waals surface area contributed by atoms with Crippen molar-refractivity contribution in [2.75, 3.05) is 0 Å². The van der Waals surface area contributed by atoms with Gasteiger partial charge < -0.3 is 0 Å². The van der Waals surface area contributed by atoms with Crippen molar-refractivity contribution in [1.29, 1.82) is 0 Å². The molecule has 0 bridgehead atoms. The molecule has 0 fully saturated rings. The van der Waals surface area contributed by atoms with Crippen LogP contribution < -0.4 is 0 Å². The van der Waals surface area contributed by atoms with Crippen molar-refractivity contribution in [2.45, 2.75) is 11.8 Å². The van der Waals surface area contributed by atoms with Crippen LogP contribution in [0.15, 0.2) is 83.8 Å². The number of hydrogen-bond donors (Lipinski definition) is 0. The SMILES string of the molecule is Cc1ccc(S(=O)(=O)n2c3ccccc3n3c4ccccc4cc23)cc1. The average Bonchev–Trinajstić information content (AvgIpc) is 3.16. The highest BCUT2D eigenvalue weighted by molar-refractivity contribution is 7.90. The number of imidazole rings is 1. The predicted octanol–water partition coefficient (Wildman–Crippen LogP) is 4.59. The first kappa shape index (κ1) is 15.2. The van der Waals surface area contributed by atoms with Crippen molar-refractivity contribution in [3.8, 4) is 0 Å². The molecule has 3 aromatic carbocycles. The van der Waals surface area contributed by atoms with Gasteiger partial charge in [-0.3, -0.25) is 4.40 Å². The highest BCUT2D eigenvalue weighted by Crippen LogP contribution is 2.31. The zero-order chi connectivity index (χ0) is 17.9. The fraction of sp³-hybridized carbons (Fsp3) is 0.0476. The molecule has 128 valence electrons. The molecule has 5 heteroatoms. The number of hydrogen-bond acceptors (Lipinski definition) is 2. The van der Waals surface area contributed by atoms with E-state index in [4.69, 9.17) is 0 Å². The summed E-state index contributed by atoms with van der Waals surface area (Å²) < 4.78 is 30.4. The van der Waals surface area contributed by atoms with E-state index in [0.717, 1.165) is 22.0 Å². The van der Waals surface area contributed by atoms with E-state index < -0.39 is 10.0 Å². The van der Waals surface area contributed by atoms with Gasteiger partial charge in [0.2, 0.25) is 0 Å². The zero-order valence-corrected chi connectivity index (χ0v) is 14.9. The summed E-state index contributed by atoms with van der Waals surface area (Å²) in [7, 11) is -3.72. The molecule has 0 atom stereocenters. The highest BCUT2D eigenvalue weighted by Gasteiger charge is 2.24. The van der Waals surface area contributed by atoms with Crippen LogP contribution in [0.4, 0.5) is 0 Å². The first-order chi connectivity index (χ1) is 12.6. The molecule has 0 aliphatic heterocycles. The Hall–Kier alpha value is -3.05. The largest absolute Gasteiger partial charge is 0.293 e. The van der Waals surface area contributed by atoms with E-state index in [2.05, 4.69) is 0 Å². The molecule has 0 aliphatic rings. The molecule has 5 rings (SSSR count). The summed E-state index contributed by atoms with van der Waals surface area (Å²) in [5.41, 5.74) is 4.22. The Morgan fingerprint density at radius 2 is 1.35 bits per heavy atom. The summed E-state index contributed by atoms with van der Waals surface area (Å²) in [5, 5.41) is 1.01. The summed E-state index contributed by atoms with van der Waals surface area (Å²) in [5.74, 6) is 0. The second kappa shape index (κ2) is 5.22. The van der Waals surface area contributed by atoms with Gasteiger partial charge in [-0.1, -0.05) is 48.0 Å². The molecule has 0 unspecified atom stereocenters. The molecule has 0 radical (unpaired) electrons. The Bertz CT molecular complexity index is 1390. The number of rotatable bonds is 2. The number of aryl methyl sites for hydroxylation is 1. The maximum atomic E-state index is 13.5. The van der Waals surface area contributed by atoms with Crippen molar-refractivity contribution in [2.24, 2.45) is 0 Å². The van der Waals surface area contributed by atoms with Crippen LogP contribution in [0.1, 0.15) is 5.56 Å². The second-order valence-corrected chi connectivity index (χ2v) is 8.25. The van der Waals surface area contributed by atoms with Gasteiger partial charge in [0, 0.05) is 5.39 Å². The summed E-state index contributed by atoms with van der Waals surface area (Å²) in [6, 6.07) is 24.5. The first-order valence-corrected chi connectivity index (χ1v) is 9.83.